The maximum absolute atomic E-state index is 11.0. The fraction of sp³-hybridized carbons (Fsp3) is 0.125. The SMILES string of the molecule is CC(=CC=CC=C(C)C=C(c1ccc(N(C)C)cc1)c1cc(-c2ccccc2)cs1)C=C(C#N)C(=O)O. The van der Waals surface area contributed by atoms with Crippen molar-refractivity contribution in [3.63, 3.8) is 0 Å². The molecule has 0 atom stereocenters. The molecule has 0 unspecified atom stereocenters. The van der Waals surface area contributed by atoms with Gasteiger partial charge in [-0.15, -0.1) is 11.3 Å². The van der Waals surface area contributed by atoms with E-state index in [0.717, 1.165) is 22.4 Å². The second-order valence-corrected chi connectivity index (χ2v) is 9.66. The molecule has 0 aliphatic rings. The summed E-state index contributed by atoms with van der Waals surface area (Å²) in [6.45, 7) is 3.82. The first-order valence-electron chi connectivity index (χ1n) is 11.8. The Bertz CT molecular complexity index is 1430. The van der Waals surface area contributed by atoms with Crippen LogP contribution in [-0.2, 0) is 4.79 Å². The highest BCUT2D eigenvalue weighted by Crippen LogP contribution is 2.34. The molecule has 0 amide bonds. The summed E-state index contributed by atoms with van der Waals surface area (Å²) in [5.74, 6) is -1.23. The second-order valence-electron chi connectivity index (χ2n) is 8.75. The average molecular weight is 507 g/mol. The molecule has 0 spiro atoms. The van der Waals surface area contributed by atoms with E-state index in [2.05, 4.69) is 77.9 Å². The van der Waals surface area contributed by atoms with Gasteiger partial charge in [-0.2, -0.15) is 5.26 Å². The van der Waals surface area contributed by atoms with Gasteiger partial charge in [0.15, 0.2) is 0 Å². The van der Waals surface area contributed by atoms with E-state index in [1.165, 1.54) is 22.1 Å². The van der Waals surface area contributed by atoms with E-state index in [9.17, 15) is 4.79 Å². The van der Waals surface area contributed by atoms with Crippen LogP contribution in [0.1, 0.15) is 24.3 Å². The number of aliphatic carboxylic acids is 1. The van der Waals surface area contributed by atoms with Crippen molar-refractivity contribution in [2.75, 3.05) is 19.0 Å². The number of nitrogens with zero attached hydrogens (tertiary/aromatic N) is 2. The van der Waals surface area contributed by atoms with E-state index in [0.29, 0.717) is 5.57 Å². The van der Waals surface area contributed by atoms with Crippen LogP contribution in [0.2, 0.25) is 0 Å². The van der Waals surface area contributed by atoms with Gasteiger partial charge in [-0.05, 0) is 71.3 Å². The number of anilines is 1. The minimum absolute atomic E-state index is 0.285. The Balaban J connectivity index is 1.93. The Morgan fingerprint density at radius 2 is 1.54 bits per heavy atom. The minimum Gasteiger partial charge on any atom is -0.477 e. The van der Waals surface area contributed by atoms with E-state index >= 15 is 0 Å². The molecule has 37 heavy (non-hydrogen) atoms. The lowest BCUT2D eigenvalue weighted by atomic mass is 9.99. The van der Waals surface area contributed by atoms with E-state index in [-0.39, 0.29) is 5.57 Å². The summed E-state index contributed by atoms with van der Waals surface area (Å²) in [4.78, 5) is 14.3. The van der Waals surface area contributed by atoms with E-state index in [1.54, 1.807) is 30.4 Å². The summed E-state index contributed by atoms with van der Waals surface area (Å²) in [7, 11) is 4.07. The van der Waals surface area contributed by atoms with Gasteiger partial charge >= 0.3 is 5.97 Å². The molecule has 186 valence electrons. The molecule has 0 bridgehead atoms. The summed E-state index contributed by atoms with van der Waals surface area (Å²) in [5, 5.41) is 20.1. The van der Waals surface area contributed by atoms with Crippen LogP contribution in [0.5, 0.6) is 0 Å². The van der Waals surface area contributed by atoms with Gasteiger partial charge in [0.1, 0.15) is 11.6 Å². The Labute approximate surface area is 223 Å². The number of hydrogen-bond donors (Lipinski definition) is 1. The number of carboxylic acids is 1. The van der Waals surface area contributed by atoms with Gasteiger partial charge in [-0.25, -0.2) is 4.79 Å². The zero-order valence-electron chi connectivity index (χ0n) is 21.5. The van der Waals surface area contributed by atoms with Crippen LogP contribution in [0, 0.1) is 11.3 Å². The molecular weight excluding hydrogens is 476 g/mol. The van der Waals surface area contributed by atoms with Crippen LogP contribution >= 0.6 is 11.3 Å². The lowest BCUT2D eigenvalue weighted by Crippen LogP contribution is -2.08. The highest BCUT2D eigenvalue weighted by atomic mass is 32.1. The number of nitriles is 1. The Hall–Kier alpha value is -4.40. The molecule has 0 fully saturated rings. The molecule has 4 nitrogen and oxygen atoms in total. The van der Waals surface area contributed by atoms with Crippen molar-refractivity contribution in [3.05, 3.63) is 130 Å². The summed E-state index contributed by atoms with van der Waals surface area (Å²) in [5.41, 5.74) is 7.30. The number of carboxylic acid groups (broad SMARTS) is 1. The Morgan fingerprint density at radius 1 is 0.919 bits per heavy atom. The maximum atomic E-state index is 11.0. The van der Waals surface area contributed by atoms with Gasteiger partial charge in [-0.3, -0.25) is 0 Å². The third-order valence-corrected chi connectivity index (χ3v) is 6.55. The van der Waals surface area contributed by atoms with Crippen molar-refractivity contribution >= 4 is 28.6 Å². The molecule has 1 N–H and O–H groups in total. The van der Waals surface area contributed by atoms with Crippen molar-refractivity contribution in [2.45, 2.75) is 13.8 Å². The van der Waals surface area contributed by atoms with Crippen molar-refractivity contribution < 1.29 is 9.90 Å². The van der Waals surface area contributed by atoms with Gasteiger partial charge in [0, 0.05) is 24.7 Å². The molecule has 0 saturated carbocycles. The van der Waals surface area contributed by atoms with Crippen molar-refractivity contribution in [1.82, 2.24) is 0 Å². The molecule has 2 aromatic carbocycles. The Kier molecular flexibility index (Phi) is 9.60. The molecule has 0 aliphatic heterocycles. The number of benzene rings is 2. The number of carbonyl (C=O) groups is 1. The van der Waals surface area contributed by atoms with Crippen molar-refractivity contribution in [2.24, 2.45) is 0 Å². The van der Waals surface area contributed by atoms with Gasteiger partial charge in [0.05, 0.1) is 0 Å². The van der Waals surface area contributed by atoms with E-state index in [4.69, 9.17) is 10.4 Å². The van der Waals surface area contributed by atoms with Crippen LogP contribution in [0.3, 0.4) is 0 Å². The second kappa shape index (κ2) is 13.1. The van der Waals surface area contributed by atoms with Crippen LogP contribution < -0.4 is 4.90 Å². The summed E-state index contributed by atoms with van der Waals surface area (Å²) >= 11 is 1.73. The van der Waals surface area contributed by atoms with Gasteiger partial charge in [0.25, 0.3) is 0 Å². The van der Waals surface area contributed by atoms with E-state index < -0.39 is 5.97 Å². The van der Waals surface area contributed by atoms with E-state index in [1.807, 2.05) is 38.4 Å². The Morgan fingerprint density at radius 3 is 2.11 bits per heavy atom. The first kappa shape index (κ1) is 27.2. The van der Waals surface area contributed by atoms with Crippen molar-refractivity contribution in [1.29, 1.82) is 5.26 Å². The zero-order valence-corrected chi connectivity index (χ0v) is 22.3. The van der Waals surface area contributed by atoms with Crippen molar-refractivity contribution in [3.8, 4) is 17.2 Å². The summed E-state index contributed by atoms with van der Waals surface area (Å²) < 4.78 is 0. The molecule has 5 heteroatoms. The number of hydrogen-bond acceptors (Lipinski definition) is 4. The lowest BCUT2D eigenvalue weighted by Gasteiger charge is -2.14. The normalized spacial score (nSPS) is 13.1. The third kappa shape index (κ3) is 7.79. The highest BCUT2D eigenvalue weighted by Gasteiger charge is 2.10. The smallest absolute Gasteiger partial charge is 0.346 e. The van der Waals surface area contributed by atoms with Crippen LogP contribution in [0.4, 0.5) is 5.69 Å². The van der Waals surface area contributed by atoms with Gasteiger partial charge < -0.3 is 10.0 Å². The number of rotatable bonds is 9. The minimum atomic E-state index is -1.23. The zero-order chi connectivity index (χ0) is 26.8. The monoisotopic (exact) mass is 506 g/mol. The van der Waals surface area contributed by atoms with Gasteiger partial charge in [-0.1, -0.05) is 78.4 Å². The molecule has 3 rings (SSSR count). The van der Waals surface area contributed by atoms with Crippen LogP contribution in [0.15, 0.2) is 119 Å². The molecule has 0 aliphatic carbocycles. The first-order chi connectivity index (χ1) is 17.8. The van der Waals surface area contributed by atoms with Crippen LogP contribution in [-0.4, -0.2) is 25.2 Å². The highest BCUT2D eigenvalue weighted by molar-refractivity contribution is 7.11. The molecule has 0 saturated heterocycles. The number of thiophene rings is 1. The molecule has 0 radical (unpaired) electrons. The maximum Gasteiger partial charge on any atom is 0.346 e. The van der Waals surface area contributed by atoms with Crippen LogP contribution in [0.25, 0.3) is 16.7 Å². The quantitative estimate of drug-likeness (QED) is 0.182. The average Bonchev–Trinajstić information content (AvgIpc) is 3.39. The molecule has 1 aromatic heterocycles. The fourth-order valence-electron chi connectivity index (χ4n) is 3.60. The lowest BCUT2D eigenvalue weighted by molar-refractivity contribution is -0.132. The standard InChI is InChI=1S/C32H30N2O2S/c1-23(18-27(21-33)32(35)36)10-8-9-11-24(2)19-30(26-14-16-29(17-15-26)34(3)4)31-20-28(22-37-31)25-12-6-5-7-13-25/h5-20,22H,1-4H3,(H,35,36). The number of allylic oxidation sites excluding steroid dienone is 8. The summed E-state index contributed by atoms with van der Waals surface area (Å²) in [6, 6.07) is 22.9. The predicted octanol–water partition coefficient (Wildman–Crippen LogP) is 7.90. The summed E-state index contributed by atoms with van der Waals surface area (Å²) in [6.07, 6.45) is 11.1. The fourth-order valence-corrected chi connectivity index (χ4v) is 4.56. The largest absolute Gasteiger partial charge is 0.477 e. The molecule has 1 heterocycles. The van der Waals surface area contributed by atoms with Gasteiger partial charge in [0.2, 0.25) is 0 Å². The first-order valence-corrected chi connectivity index (χ1v) is 12.7. The third-order valence-electron chi connectivity index (χ3n) is 5.59. The molecule has 3 aromatic rings. The topological polar surface area (TPSA) is 64.3 Å². The molecular formula is C32H30N2O2S. The predicted molar refractivity (Wildman–Crippen MR) is 156 cm³/mol.